The van der Waals surface area contributed by atoms with Gasteiger partial charge in [-0.05, 0) is 30.2 Å². The van der Waals surface area contributed by atoms with E-state index in [0.717, 1.165) is 24.8 Å². The number of rotatable bonds is 6. The first-order valence-corrected chi connectivity index (χ1v) is 7.28. The fraction of sp³-hybridized carbons (Fsp3) is 0.375. The maximum Gasteiger partial charge on any atom is 0.191 e. The Kier molecular flexibility index (Phi) is 8.46. The molecule has 0 aliphatic rings. The van der Waals surface area contributed by atoms with Gasteiger partial charge in [0.15, 0.2) is 5.96 Å². The van der Waals surface area contributed by atoms with Crippen molar-refractivity contribution in [3.8, 4) is 5.75 Å². The van der Waals surface area contributed by atoms with Crippen LogP contribution in [0.15, 0.2) is 41.7 Å². The van der Waals surface area contributed by atoms with Crippen LogP contribution < -0.4 is 15.4 Å². The maximum atomic E-state index is 5.15. The molecule has 0 aliphatic heterocycles. The SMILES string of the molecule is CN=C(NCCn1cc(C)cn1)NCc1ccc(OC)cc1.I. The lowest BCUT2D eigenvalue weighted by atomic mass is 10.2. The minimum atomic E-state index is 0. The summed E-state index contributed by atoms with van der Waals surface area (Å²) in [5, 5.41) is 10.8. The van der Waals surface area contributed by atoms with Gasteiger partial charge < -0.3 is 15.4 Å². The Morgan fingerprint density at radius 2 is 2.00 bits per heavy atom. The summed E-state index contributed by atoms with van der Waals surface area (Å²) in [6, 6.07) is 7.97. The van der Waals surface area contributed by atoms with Crippen molar-refractivity contribution >= 4 is 29.9 Å². The number of hydrogen-bond acceptors (Lipinski definition) is 3. The van der Waals surface area contributed by atoms with E-state index in [1.165, 1.54) is 11.1 Å². The predicted octanol–water partition coefficient (Wildman–Crippen LogP) is 2.18. The molecule has 0 bridgehead atoms. The van der Waals surface area contributed by atoms with Crippen molar-refractivity contribution in [2.24, 2.45) is 4.99 Å². The highest BCUT2D eigenvalue weighted by molar-refractivity contribution is 14.0. The van der Waals surface area contributed by atoms with E-state index in [9.17, 15) is 0 Å². The summed E-state index contributed by atoms with van der Waals surface area (Å²) in [6.07, 6.45) is 3.88. The molecule has 6 nitrogen and oxygen atoms in total. The summed E-state index contributed by atoms with van der Waals surface area (Å²) in [5.41, 5.74) is 2.34. The summed E-state index contributed by atoms with van der Waals surface area (Å²) in [7, 11) is 3.43. The van der Waals surface area contributed by atoms with Crippen molar-refractivity contribution in [2.75, 3.05) is 20.7 Å². The van der Waals surface area contributed by atoms with E-state index in [1.807, 2.05) is 48.3 Å². The predicted molar refractivity (Wildman–Crippen MR) is 104 cm³/mol. The maximum absolute atomic E-state index is 5.15. The zero-order valence-corrected chi connectivity index (χ0v) is 16.1. The number of aliphatic imine (C=N–C) groups is 1. The molecule has 0 amide bonds. The summed E-state index contributed by atoms with van der Waals surface area (Å²) < 4.78 is 7.06. The summed E-state index contributed by atoms with van der Waals surface area (Å²) >= 11 is 0. The number of benzene rings is 1. The van der Waals surface area contributed by atoms with Crippen LogP contribution in [0.4, 0.5) is 0 Å². The van der Waals surface area contributed by atoms with Gasteiger partial charge in [0.05, 0.1) is 19.9 Å². The Morgan fingerprint density at radius 3 is 2.57 bits per heavy atom. The average Bonchev–Trinajstić information content (AvgIpc) is 2.96. The summed E-state index contributed by atoms with van der Waals surface area (Å²) in [6.45, 7) is 4.32. The molecule has 0 aliphatic carbocycles. The van der Waals surface area contributed by atoms with Gasteiger partial charge in [-0.15, -0.1) is 24.0 Å². The molecule has 1 aromatic heterocycles. The zero-order chi connectivity index (χ0) is 15.8. The molecule has 1 aromatic carbocycles. The fourth-order valence-corrected chi connectivity index (χ4v) is 2.03. The van der Waals surface area contributed by atoms with Gasteiger partial charge in [-0.2, -0.15) is 5.10 Å². The van der Waals surface area contributed by atoms with E-state index in [1.54, 1.807) is 14.2 Å². The highest BCUT2D eigenvalue weighted by Gasteiger charge is 1.99. The molecule has 7 heteroatoms. The molecule has 0 spiro atoms. The second-order valence-corrected chi connectivity index (χ2v) is 4.98. The standard InChI is InChI=1S/C16H23N5O.HI/c1-13-10-20-21(12-13)9-8-18-16(17-2)19-11-14-4-6-15(22-3)7-5-14;/h4-7,10,12H,8-9,11H2,1-3H3,(H2,17,18,19);1H. The molecular formula is C16H24IN5O. The van der Waals surface area contributed by atoms with Gasteiger partial charge >= 0.3 is 0 Å². The molecular weight excluding hydrogens is 405 g/mol. The van der Waals surface area contributed by atoms with Gasteiger partial charge in [0.1, 0.15) is 5.75 Å². The normalized spacial score (nSPS) is 10.8. The van der Waals surface area contributed by atoms with Gasteiger partial charge in [-0.3, -0.25) is 9.67 Å². The van der Waals surface area contributed by atoms with Gasteiger partial charge in [0.25, 0.3) is 0 Å². The van der Waals surface area contributed by atoms with Gasteiger partial charge in [-0.1, -0.05) is 12.1 Å². The average molecular weight is 429 g/mol. The molecule has 1 heterocycles. The fourth-order valence-electron chi connectivity index (χ4n) is 2.03. The third-order valence-electron chi connectivity index (χ3n) is 3.24. The van der Waals surface area contributed by atoms with Crippen LogP contribution in [-0.2, 0) is 13.1 Å². The van der Waals surface area contributed by atoms with Crippen molar-refractivity contribution in [1.82, 2.24) is 20.4 Å². The number of guanidine groups is 1. The molecule has 2 aromatic rings. The second-order valence-electron chi connectivity index (χ2n) is 4.98. The van der Waals surface area contributed by atoms with Crippen LogP contribution in [0, 0.1) is 6.92 Å². The number of hydrogen-bond donors (Lipinski definition) is 2. The van der Waals surface area contributed by atoms with Crippen LogP contribution in [-0.4, -0.2) is 36.4 Å². The molecule has 126 valence electrons. The molecule has 0 saturated carbocycles. The molecule has 0 radical (unpaired) electrons. The van der Waals surface area contributed by atoms with E-state index >= 15 is 0 Å². The number of ether oxygens (including phenoxy) is 1. The lowest BCUT2D eigenvalue weighted by molar-refractivity contribution is 0.414. The Hall–Kier alpha value is -1.77. The lowest BCUT2D eigenvalue weighted by Crippen LogP contribution is -2.38. The largest absolute Gasteiger partial charge is 0.497 e. The van der Waals surface area contributed by atoms with Gasteiger partial charge in [0, 0.05) is 26.3 Å². The molecule has 23 heavy (non-hydrogen) atoms. The summed E-state index contributed by atoms with van der Waals surface area (Å²) in [5.74, 6) is 1.64. The van der Waals surface area contributed by atoms with E-state index in [4.69, 9.17) is 4.74 Å². The van der Waals surface area contributed by atoms with E-state index in [2.05, 4.69) is 20.7 Å². The Balaban J connectivity index is 0.00000264. The number of methoxy groups -OCH3 is 1. The number of nitrogens with zero attached hydrogens (tertiary/aromatic N) is 3. The van der Waals surface area contributed by atoms with Crippen molar-refractivity contribution in [3.63, 3.8) is 0 Å². The van der Waals surface area contributed by atoms with Gasteiger partial charge in [-0.25, -0.2) is 0 Å². The smallest absolute Gasteiger partial charge is 0.191 e. The molecule has 0 fully saturated rings. The Morgan fingerprint density at radius 1 is 1.26 bits per heavy atom. The molecule has 2 N–H and O–H groups in total. The molecule has 0 saturated heterocycles. The van der Waals surface area contributed by atoms with Crippen LogP contribution in [0.1, 0.15) is 11.1 Å². The van der Waals surface area contributed by atoms with Crippen LogP contribution in [0.2, 0.25) is 0 Å². The number of aromatic nitrogens is 2. The Labute approximate surface area is 154 Å². The number of aryl methyl sites for hydroxylation is 1. The minimum Gasteiger partial charge on any atom is -0.497 e. The quantitative estimate of drug-likeness (QED) is 0.420. The van der Waals surface area contributed by atoms with E-state index < -0.39 is 0 Å². The number of halogens is 1. The monoisotopic (exact) mass is 429 g/mol. The first kappa shape index (κ1) is 19.3. The van der Waals surface area contributed by atoms with Crippen LogP contribution in [0.25, 0.3) is 0 Å². The molecule has 0 unspecified atom stereocenters. The first-order chi connectivity index (χ1) is 10.7. The third kappa shape index (κ3) is 6.47. The Bertz CT molecular complexity index is 609. The van der Waals surface area contributed by atoms with E-state index in [-0.39, 0.29) is 24.0 Å². The van der Waals surface area contributed by atoms with Crippen molar-refractivity contribution < 1.29 is 4.74 Å². The summed E-state index contributed by atoms with van der Waals surface area (Å²) in [4.78, 5) is 4.21. The van der Waals surface area contributed by atoms with Crippen LogP contribution >= 0.6 is 24.0 Å². The van der Waals surface area contributed by atoms with Crippen molar-refractivity contribution in [3.05, 3.63) is 47.8 Å². The highest BCUT2D eigenvalue weighted by atomic mass is 127. The van der Waals surface area contributed by atoms with Crippen molar-refractivity contribution in [1.29, 1.82) is 0 Å². The van der Waals surface area contributed by atoms with E-state index in [0.29, 0.717) is 6.54 Å². The third-order valence-corrected chi connectivity index (χ3v) is 3.24. The topological polar surface area (TPSA) is 63.5 Å². The molecule has 2 rings (SSSR count). The highest BCUT2D eigenvalue weighted by Crippen LogP contribution is 2.10. The van der Waals surface area contributed by atoms with Crippen molar-refractivity contribution in [2.45, 2.75) is 20.0 Å². The minimum absolute atomic E-state index is 0. The van der Waals surface area contributed by atoms with Crippen LogP contribution in [0.3, 0.4) is 0 Å². The number of nitrogens with one attached hydrogen (secondary N) is 2. The van der Waals surface area contributed by atoms with Crippen LogP contribution in [0.5, 0.6) is 5.75 Å². The lowest BCUT2D eigenvalue weighted by Gasteiger charge is -2.12. The zero-order valence-electron chi connectivity index (χ0n) is 13.7. The second kappa shape index (κ2) is 10.1. The molecule has 0 atom stereocenters. The van der Waals surface area contributed by atoms with Gasteiger partial charge in [0.2, 0.25) is 0 Å². The first-order valence-electron chi connectivity index (χ1n) is 7.28.